The van der Waals surface area contributed by atoms with E-state index in [0.29, 0.717) is 35.9 Å². The lowest BCUT2D eigenvalue weighted by molar-refractivity contribution is 0.122. The van der Waals surface area contributed by atoms with Gasteiger partial charge in [0.1, 0.15) is 11.6 Å². The van der Waals surface area contributed by atoms with Crippen molar-refractivity contribution in [2.24, 2.45) is 0 Å². The predicted molar refractivity (Wildman–Crippen MR) is 138 cm³/mol. The fraction of sp³-hybridized carbons (Fsp3) is 0.259. The summed E-state index contributed by atoms with van der Waals surface area (Å²) in [4.78, 5) is 14.9. The number of benzene rings is 2. The highest BCUT2D eigenvalue weighted by Crippen LogP contribution is 2.39. The van der Waals surface area contributed by atoms with E-state index in [2.05, 4.69) is 37.6 Å². The zero-order chi connectivity index (χ0) is 24.6. The van der Waals surface area contributed by atoms with E-state index in [4.69, 9.17) is 9.72 Å². The minimum atomic E-state index is -1.17. The summed E-state index contributed by atoms with van der Waals surface area (Å²) in [6, 6.07) is 16.5. The normalized spacial score (nSPS) is 18.6. The van der Waals surface area contributed by atoms with Gasteiger partial charge < -0.3 is 30.4 Å². The Hall–Kier alpha value is -3.95. The molecular weight excluding hydrogens is 459 g/mol. The molecule has 2 aliphatic rings. The highest BCUT2D eigenvalue weighted by Gasteiger charge is 2.31. The minimum absolute atomic E-state index is 0.199. The zero-order valence-corrected chi connectivity index (χ0v) is 19.8. The fourth-order valence-electron chi connectivity index (χ4n) is 4.84. The SMILES string of the molecule is C[C@H](NC1=C(c2nc3ccc(N4CCOCC4)cc3[nH]2)C(O)Nc2c(F)cccc21)c1ccccn1. The summed E-state index contributed by atoms with van der Waals surface area (Å²) >= 11 is 0. The molecule has 0 aliphatic carbocycles. The highest BCUT2D eigenvalue weighted by atomic mass is 19.1. The van der Waals surface area contributed by atoms with Crippen LogP contribution in [0.25, 0.3) is 22.3 Å². The number of fused-ring (bicyclic) bond motifs is 2. The number of nitrogens with zero attached hydrogens (tertiary/aromatic N) is 3. The molecule has 4 N–H and O–H groups in total. The van der Waals surface area contributed by atoms with Crippen molar-refractivity contribution >= 4 is 33.7 Å². The van der Waals surface area contributed by atoms with Gasteiger partial charge in [-0.1, -0.05) is 18.2 Å². The molecule has 2 aliphatic heterocycles. The quantitative estimate of drug-likeness (QED) is 0.340. The van der Waals surface area contributed by atoms with Gasteiger partial charge in [0.15, 0.2) is 6.23 Å². The van der Waals surface area contributed by atoms with Crippen LogP contribution in [0.15, 0.2) is 60.8 Å². The lowest BCUT2D eigenvalue weighted by Gasteiger charge is -2.30. The van der Waals surface area contributed by atoms with Gasteiger partial charge in [0.05, 0.1) is 52.9 Å². The number of aromatic amines is 1. The van der Waals surface area contributed by atoms with Crippen molar-refractivity contribution in [3.05, 3.63) is 83.7 Å². The molecule has 2 aromatic carbocycles. The molecule has 0 spiro atoms. The van der Waals surface area contributed by atoms with Crippen molar-refractivity contribution in [3.8, 4) is 0 Å². The number of imidazole rings is 1. The number of morpholine rings is 1. The van der Waals surface area contributed by atoms with Crippen LogP contribution < -0.4 is 15.5 Å². The molecule has 8 nitrogen and oxygen atoms in total. The summed E-state index contributed by atoms with van der Waals surface area (Å²) in [6.45, 7) is 5.06. The Balaban J connectivity index is 1.46. The molecule has 1 fully saturated rings. The standard InChI is InChI=1S/C27H27FN6O2/c1-16(20-7-2-3-10-29-20)30-25-18-5-4-6-19(28)24(18)33-27(35)23(25)26-31-21-9-8-17(15-22(21)32-26)34-11-13-36-14-12-34/h2-10,15-16,27,30,33,35H,11-14H2,1H3,(H,31,32)/t16-,27?/m0/s1. The third-order valence-corrected chi connectivity index (χ3v) is 6.70. The number of hydrogen-bond acceptors (Lipinski definition) is 7. The van der Waals surface area contributed by atoms with Crippen molar-refractivity contribution in [3.63, 3.8) is 0 Å². The van der Waals surface area contributed by atoms with Crippen LogP contribution in [0.1, 0.15) is 30.0 Å². The van der Waals surface area contributed by atoms with Crippen LogP contribution in [0.3, 0.4) is 0 Å². The number of pyridine rings is 1. The first-order valence-corrected chi connectivity index (χ1v) is 12.1. The van der Waals surface area contributed by atoms with Gasteiger partial charge >= 0.3 is 0 Å². The summed E-state index contributed by atoms with van der Waals surface area (Å²) in [7, 11) is 0. The molecule has 2 aromatic heterocycles. The molecule has 6 rings (SSSR count). The molecule has 0 bridgehead atoms. The van der Waals surface area contributed by atoms with Gasteiger partial charge in [-0.25, -0.2) is 9.37 Å². The van der Waals surface area contributed by atoms with Crippen molar-refractivity contribution in [1.29, 1.82) is 0 Å². The molecule has 2 atom stereocenters. The number of nitrogens with one attached hydrogen (secondary N) is 3. The van der Waals surface area contributed by atoms with Crippen LogP contribution in [-0.4, -0.2) is 52.6 Å². The highest BCUT2D eigenvalue weighted by molar-refractivity contribution is 5.98. The molecule has 0 saturated carbocycles. The minimum Gasteiger partial charge on any atom is -0.378 e. The van der Waals surface area contributed by atoms with Gasteiger partial charge in [-0.05, 0) is 43.3 Å². The van der Waals surface area contributed by atoms with Crippen LogP contribution in [0.4, 0.5) is 15.8 Å². The number of ether oxygens (including phenoxy) is 1. The summed E-state index contributed by atoms with van der Waals surface area (Å²) in [5.74, 6) is 0.0740. The lowest BCUT2D eigenvalue weighted by Crippen LogP contribution is -2.36. The van der Waals surface area contributed by atoms with E-state index >= 15 is 0 Å². The number of aliphatic hydroxyl groups excluding tert-OH is 1. The summed E-state index contributed by atoms with van der Waals surface area (Å²) in [5, 5.41) is 17.5. The third kappa shape index (κ3) is 4.06. The van der Waals surface area contributed by atoms with E-state index in [1.807, 2.05) is 37.3 Å². The average molecular weight is 487 g/mol. The van der Waals surface area contributed by atoms with Gasteiger partial charge in [0.2, 0.25) is 0 Å². The summed E-state index contributed by atoms with van der Waals surface area (Å²) in [5.41, 5.74) is 5.53. The second-order valence-corrected chi connectivity index (χ2v) is 9.00. The van der Waals surface area contributed by atoms with E-state index < -0.39 is 12.0 Å². The van der Waals surface area contributed by atoms with Crippen LogP contribution in [0.2, 0.25) is 0 Å². The second-order valence-electron chi connectivity index (χ2n) is 9.00. The van der Waals surface area contributed by atoms with E-state index in [0.717, 1.165) is 35.5 Å². The first-order chi connectivity index (χ1) is 17.6. The van der Waals surface area contributed by atoms with Crippen molar-refractivity contribution in [1.82, 2.24) is 20.3 Å². The number of hydrogen-bond donors (Lipinski definition) is 4. The largest absolute Gasteiger partial charge is 0.378 e. The summed E-state index contributed by atoms with van der Waals surface area (Å²) < 4.78 is 20.2. The maximum atomic E-state index is 14.7. The van der Waals surface area contributed by atoms with Gasteiger partial charge in [0, 0.05) is 30.5 Å². The van der Waals surface area contributed by atoms with Gasteiger partial charge in [-0.3, -0.25) is 4.98 Å². The Morgan fingerprint density at radius 3 is 2.81 bits per heavy atom. The molecule has 9 heteroatoms. The fourth-order valence-corrected chi connectivity index (χ4v) is 4.84. The third-order valence-electron chi connectivity index (χ3n) is 6.70. The molecule has 1 saturated heterocycles. The van der Waals surface area contributed by atoms with Crippen LogP contribution in [0.5, 0.6) is 0 Å². The Morgan fingerprint density at radius 1 is 1.14 bits per heavy atom. The zero-order valence-electron chi connectivity index (χ0n) is 19.8. The van der Waals surface area contributed by atoms with Crippen molar-refractivity contribution in [2.45, 2.75) is 19.2 Å². The number of anilines is 2. The van der Waals surface area contributed by atoms with Crippen LogP contribution >= 0.6 is 0 Å². The first-order valence-electron chi connectivity index (χ1n) is 12.1. The number of rotatable bonds is 5. The Labute approximate surface area is 207 Å². The molecular formula is C27H27FN6O2. The van der Waals surface area contributed by atoms with E-state index in [-0.39, 0.29) is 11.7 Å². The number of aromatic nitrogens is 3. The maximum absolute atomic E-state index is 14.7. The predicted octanol–water partition coefficient (Wildman–Crippen LogP) is 3.90. The van der Waals surface area contributed by atoms with Gasteiger partial charge in [-0.2, -0.15) is 0 Å². The van der Waals surface area contributed by atoms with Gasteiger partial charge in [-0.15, -0.1) is 0 Å². The number of H-pyrrole nitrogens is 1. The number of aliphatic hydroxyl groups is 1. The Morgan fingerprint density at radius 2 is 2.00 bits per heavy atom. The monoisotopic (exact) mass is 486 g/mol. The smallest absolute Gasteiger partial charge is 0.156 e. The molecule has 36 heavy (non-hydrogen) atoms. The number of para-hydroxylation sites is 1. The van der Waals surface area contributed by atoms with E-state index in [1.54, 1.807) is 12.3 Å². The molecule has 0 radical (unpaired) electrons. The van der Waals surface area contributed by atoms with Gasteiger partial charge in [0.25, 0.3) is 0 Å². The van der Waals surface area contributed by atoms with Crippen LogP contribution in [0, 0.1) is 5.82 Å². The average Bonchev–Trinajstić information content (AvgIpc) is 3.33. The van der Waals surface area contributed by atoms with Crippen molar-refractivity contribution in [2.75, 3.05) is 36.5 Å². The maximum Gasteiger partial charge on any atom is 0.156 e. The molecule has 184 valence electrons. The van der Waals surface area contributed by atoms with E-state index in [1.165, 1.54) is 6.07 Å². The Kier molecular flexibility index (Phi) is 5.79. The molecule has 4 aromatic rings. The number of halogens is 1. The van der Waals surface area contributed by atoms with Crippen LogP contribution in [-0.2, 0) is 4.74 Å². The summed E-state index contributed by atoms with van der Waals surface area (Å²) in [6.07, 6.45) is 0.561. The topological polar surface area (TPSA) is 98.3 Å². The van der Waals surface area contributed by atoms with E-state index in [9.17, 15) is 9.50 Å². The molecule has 4 heterocycles. The molecule has 0 amide bonds. The van der Waals surface area contributed by atoms with Crippen molar-refractivity contribution < 1.29 is 14.2 Å². The first kappa shape index (κ1) is 22.5. The second kappa shape index (κ2) is 9.25. The lowest BCUT2D eigenvalue weighted by atomic mass is 9.97. The Bertz CT molecular complexity index is 1430. The molecule has 1 unspecified atom stereocenters.